The van der Waals surface area contributed by atoms with E-state index in [1.54, 1.807) is 6.20 Å². The summed E-state index contributed by atoms with van der Waals surface area (Å²) in [7, 11) is 0. The van der Waals surface area contributed by atoms with E-state index in [9.17, 15) is 9.90 Å². The molecule has 1 aliphatic heterocycles. The van der Waals surface area contributed by atoms with Gasteiger partial charge in [0.2, 0.25) is 0 Å². The van der Waals surface area contributed by atoms with Crippen LogP contribution in [0.1, 0.15) is 32.6 Å². The first kappa shape index (κ1) is 21.4. The lowest BCUT2D eigenvalue weighted by molar-refractivity contribution is 0.142. The van der Waals surface area contributed by atoms with Gasteiger partial charge in [-0.25, -0.2) is 14.8 Å². The van der Waals surface area contributed by atoms with Gasteiger partial charge in [-0.3, -0.25) is 4.98 Å². The van der Waals surface area contributed by atoms with Crippen molar-refractivity contribution in [1.82, 2.24) is 19.9 Å². The van der Waals surface area contributed by atoms with Crippen molar-refractivity contribution in [2.45, 2.75) is 38.6 Å². The third kappa shape index (κ3) is 4.55. The molecule has 0 spiro atoms. The number of carboxylic acid groups (broad SMARTS) is 1. The van der Waals surface area contributed by atoms with Crippen LogP contribution >= 0.6 is 0 Å². The highest BCUT2D eigenvalue weighted by atomic mass is 16.4. The van der Waals surface area contributed by atoms with Gasteiger partial charge in [0.1, 0.15) is 11.6 Å². The van der Waals surface area contributed by atoms with Gasteiger partial charge in [0.05, 0.1) is 5.69 Å². The molecular weight excluding hydrogens is 416 g/mol. The highest BCUT2D eigenvalue weighted by Crippen LogP contribution is 2.32. The second-order valence-electron chi connectivity index (χ2n) is 9.13. The van der Waals surface area contributed by atoms with Gasteiger partial charge in [-0.15, -0.1) is 0 Å². The normalized spacial score (nSPS) is 21.2. The fourth-order valence-corrected chi connectivity index (χ4v) is 4.97. The number of hydrogen-bond acceptors (Lipinski definition) is 6. The molecule has 0 radical (unpaired) electrons. The summed E-state index contributed by atoms with van der Waals surface area (Å²) in [5, 5.41) is 15.0. The van der Waals surface area contributed by atoms with Crippen molar-refractivity contribution >= 4 is 28.5 Å². The SMILES string of the molecule is CC1CCCCC1Nc1cc(-c2cc3cnccc3c(N3CCN(C(=O)O)CC3)n2)ccn1. The minimum absolute atomic E-state index is 0.455. The molecule has 3 aromatic heterocycles. The summed E-state index contributed by atoms with van der Waals surface area (Å²) in [5.41, 5.74) is 1.88. The summed E-state index contributed by atoms with van der Waals surface area (Å²) in [5.74, 6) is 2.41. The van der Waals surface area contributed by atoms with Crippen LogP contribution in [0.25, 0.3) is 22.0 Å². The van der Waals surface area contributed by atoms with Crippen LogP contribution in [-0.2, 0) is 0 Å². The molecule has 1 saturated heterocycles. The molecule has 172 valence electrons. The summed E-state index contributed by atoms with van der Waals surface area (Å²) in [6, 6.07) is 8.58. The second kappa shape index (κ2) is 9.21. The largest absolute Gasteiger partial charge is 0.465 e. The first-order chi connectivity index (χ1) is 16.1. The summed E-state index contributed by atoms with van der Waals surface area (Å²) in [6.45, 7) is 4.48. The average molecular weight is 447 g/mol. The van der Waals surface area contributed by atoms with E-state index < -0.39 is 6.09 Å². The van der Waals surface area contributed by atoms with Gasteiger partial charge in [-0.1, -0.05) is 19.8 Å². The minimum Gasteiger partial charge on any atom is -0.465 e. The van der Waals surface area contributed by atoms with Gasteiger partial charge in [-0.05, 0) is 43.0 Å². The molecule has 2 aliphatic rings. The van der Waals surface area contributed by atoms with Gasteiger partial charge < -0.3 is 20.2 Å². The van der Waals surface area contributed by atoms with Crippen LogP contribution in [0.5, 0.6) is 0 Å². The van der Waals surface area contributed by atoms with Gasteiger partial charge in [0.25, 0.3) is 0 Å². The Balaban J connectivity index is 1.46. The van der Waals surface area contributed by atoms with Crippen molar-refractivity contribution in [2.24, 2.45) is 5.92 Å². The summed E-state index contributed by atoms with van der Waals surface area (Å²) >= 11 is 0. The fourth-order valence-electron chi connectivity index (χ4n) is 4.97. The lowest BCUT2D eigenvalue weighted by Crippen LogP contribution is -2.48. The predicted octanol–water partition coefficient (Wildman–Crippen LogP) is 4.48. The van der Waals surface area contributed by atoms with E-state index >= 15 is 0 Å². The number of amides is 1. The van der Waals surface area contributed by atoms with E-state index in [0.29, 0.717) is 38.1 Å². The van der Waals surface area contributed by atoms with E-state index in [4.69, 9.17) is 4.98 Å². The Labute approximate surface area is 193 Å². The molecule has 2 fully saturated rings. The first-order valence-electron chi connectivity index (χ1n) is 11.8. The Morgan fingerprint density at radius 3 is 2.70 bits per heavy atom. The minimum atomic E-state index is -0.866. The maximum atomic E-state index is 11.3. The van der Waals surface area contributed by atoms with E-state index in [-0.39, 0.29) is 0 Å². The molecule has 3 aromatic rings. The first-order valence-corrected chi connectivity index (χ1v) is 11.8. The molecule has 2 atom stereocenters. The maximum absolute atomic E-state index is 11.3. The Morgan fingerprint density at radius 1 is 1.09 bits per heavy atom. The number of carbonyl (C=O) groups is 1. The highest BCUT2D eigenvalue weighted by Gasteiger charge is 2.24. The van der Waals surface area contributed by atoms with Crippen LogP contribution < -0.4 is 10.2 Å². The molecule has 0 aromatic carbocycles. The van der Waals surface area contributed by atoms with Gasteiger partial charge in [0, 0.05) is 67.1 Å². The number of hydrogen-bond donors (Lipinski definition) is 2. The van der Waals surface area contributed by atoms with Crippen molar-refractivity contribution < 1.29 is 9.90 Å². The van der Waals surface area contributed by atoms with E-state index in [1.165, 1.54) is 30.6 Å². The van der Waals surface area contributed by atoms with Crippen LogP contribution in [0.15, 0.2) is 42.9 Å². The molecule has 1 amide bonds. The quantitative estimate of drug-likeness (QED) is 0.610. The van der Waals surface area contributed by atoms with Crippen molar-refractivity contribution in [3.63, 3.8) is 0 Å². The molecule has 5 rings (SSSR count). The second-order valence-corrected chi connectivity index (χ2v) is 9.13. The van der Waals surface area contributed by atoms with Crippen LogP contribution in [0, 0.1) is 5.92 Å². The zero-order valence-electron chi connectivity index (χ0n) is 18.9. The number of nitrogens with zero attached hydrogens (tertiary/aromatic N) is 5. The topological polar surface area (TPSA) is 94.5 Å². The standard InChI is InChI=1S/C25H30N6O2/c1-17-4-2-3-5-21(17)28-23-15-18(6-9-27-23)22-14-19-16-26-8-7-20(19)24(29-22)30-10-12-31(13-11-30)25(32)33/h6-9,14-17,21H,2-5,10-13H2,1H3,(H,27,28)(H,32,33). The van der Waals surface area contributed by atoms with Gasteiger partial charge >= 0.3 is 6.09 Å². The number of anilines is 2. The molecular formula is C25H30N6O2. The molecule has 4 heterocycles. The molecule has 0 bridgehead atoms. The number of nitrogens with one attached hydrogen (secondary N) is 1. The van der Waals surface area contributed by atoms with Gasteiger partial charge in [0.15, 0.2) is 0 Å². The van der Waals surface area contributed by atoms with Crippen LogP contribution in [0.3, 0.4) is 0 Å². The van der Waals surface area contributed by atoms with Crippen molar-refractivity contribution in [2.75, 3.05) is 36.4 Å². The molecule has 8 nitrogen and oxygen atoms in total. The van der Waals surface area contributed by atoms with Crippen LogP contribution in [0.2, 0.25) is 0 Å². The number of piperazine rings is 1. The lowest BCUT2D eigenvalue weighted by atomic mass is 9.86. The summed E-state index contributed by atoms with van der Waals surface area (Å²) < 4.78 is 0. The third-order valence-electron chi connectivity index (χ3n) is 6.96. The number of aromatic nitrogens is 3. The molecule has 1 aliphatic carbocycles. The summed E-state index contributed by atoms with van der Waals surface area (Å²) in [6.07, 6.45) is 9.63. The Hall–Kier alpha value is -3.42. The van der Waals surface area contributed by atoms with Gasteiger partial charge in [-0.2, -0.15) is 0 Å². The molecule has 33 heavy (non-hydrogen) atoms. The zero-order chi connectivity index (χ0) is 22.8. The number of pyridine rings is 3. The molecule has 1 saturated carbocycles. The lowest BCUT2D eigenvalue weighted by Gasteiger charge is -2.34. The van der Waals surface area contributed by atoms with E-state index in [0.717, 1.165) is 33.7 Å². The average Bonchev–Trinajstić information content (AvgIpc) is 2.85. The Morgan fingerprint density at radius 2 is 1.91 bits per heavy atom. The smallest absolute Gasteiger partial charge is 0.407 e. The van der Waals surface area contributed by atoms with E-state index in [1.807, 2.05) is 24.5 Å². The van der Waals surface area contributed by atoms with Crippen molar-refractivity contribution in [3.8, 4) is 11.3 Å². The van der Waals surface area contributed by atoms with E-state index in [2.05, 4.69) is 39.2 Å². The highest BCUT2D eigenvalue weighted by molar-refractivity contribution is 5.94. The number of rotatable bonds is 4. The molecule has 2 N–H and O–H groups in total. The maximum Gasteiger partial charge on any atom is 0.407 e. The zero-order valence-corrected chi connectivity index (χ0v) is 18.9. The summed E-state index contributed by atoms with van der Waals surface area (Å²) in [4.78, 5) is 28.9. The van der Waals surface area contributed by atoms with Crippen molar-refractivity contribution in [1.29, 1.82) is 0 Å². The monoisotopic (exact) mass is 446 g/mol. The molecule has 8 heteroatoms. The van der Waals surface area contributed by atoms with Crippen LogP contribution in [-0.4, -0.2) is 63.3 Å². The van der Waals surface area contributed by atoms with Crippen LogP contribution in [0.4, 0.5) is 16.4 Å². The predicted molar refractivity (Wildman–Crippen MR) is 130 cm³/mol. The Bertz CT molecular complexity index is 1140. The molecule has 2 unspecified atom stereocenters. The number of fused-ring (bicyclic) bond motifs is 1. The third-order valence-corrected chi connectivity index (χ3v) is 6.96. The Kier molecular flexibility index (Phi) is 5.98. The van der Waals surface area contributed by atoms with Crippen molar-refractivity contribution in [3.05, 3.63) is 42.9 Å². The fraction of sp³-hybridized carbons (Fsp3) is 0.440.